The standard InChI is InChI=1S/C13H19N3O2/c1-9(2)13(17)16(3)8-10-5-4-6-11(7-10)12(14)15-18/h4-7,9,18H,8H2,1-3H3,(H2,14,15). The maximum atomic E-state index is 11.8. The zero-order valence-corrected chi connectivity index (χ0v) is 10.9. The van der Waals surface area contributed by atoms with Crippen molar-refractivity contribution < 1.29 is 10.0 Å². The van der Waals surface area contributed by atoms with Crippen LogP contribution in [-0.2, 0) is 11.3 Å². The SMILES string of the molecule is CC(C)C(=O)N(C)Cc1cccc(C(N)=NO)c1. The molecule has 0 aliphatic heterocycles. The van der Waals surface area contributed by atoms with Gasteiger partial charge in [0.1, 0.15) is 0 Å². The Balaban J connectivity index is 2.83. The molecular formula is C13H19N3O2. The van der Waals surface area contributed by atoms with Gasteiger partial charge in [-0.3, -0.25) is 4.79 Å². The summed E-state index contributed by atoms with van der Waals surface area (Å²) in [6, 6.07) is 7.27. The van der Waals surface area contributed by atoms with Crippen LogP contribution in [0.15, 0.2) is 29.4 Å². The minimum atomic E-state index is -0.0257. The number of rotatable bonds is 4. The first-order valence-corrected chi connectivity index (χ1v) is 5.77. The third-order valence-electron chi connectivity index (χ3n) is 2.62. The Hall–Kier alpha value is -2.04. The van der Waals surface area contributed by atoms with E-state index in [0.717, 1.165) is 5.56 Å². The van der Waals surface area contributed by atoms with Crippen molar-refractivity contribution in [3.63, 3.8) is 0 Å². The van der Waals surface area contributed by atoms with Crippen LogP contribution in [0.5, 0.6) is 0 Å². The zero-order valence-electron chi connectivity index (χ0n) is 10.9. The van der Waals surface area contributed by atoms with Crippen molar-refractivity contribution in [3.05, 3.63) is 35.4 Å². The molecule has 0 aromatic heterocycles. The van der Waals surface area contributed by atoms with E-state index < -0.39 is 0 Å². The molecule has 0 unspecified atom stereocenters. The van der Waals surface area contributed by atoms with Gasteiger partial charge in [-0.25, -0.2) is 0 Å². The van der Waals surface area contributed by atoms with E-state index in [1.165, 1.54) is 0 Å². The summed E-state index contributed by atoms with van der Waals surface area (Å²) >= 11 is 0. The van der Waals surface area contributed by atoms with Gasteiger partial charge in [-0.15, -0.1) is 0 Å². The first kappa shape index (κ1) is 14.0. The molecule has 0 fully saturated rings. The minimum absolute atomic E-state index is 0.0257. The summed E-state index contributed by atoms with van der Waals surface area (Å²) < 4.78 is 0. The fourth-order valence-electron chi connectivity index (χ4n) is 1.68. The molecule has 18 heavy (non-hydrogen) atoms. The third-order valence-corrected chi connectivity index (χ3v) is 2.62. The average Bonchev–Trinajstić information content (AvgIpc) is 2.36. The maximum Gasteiger partial charge on any atom is 0.225 e. The molecular weight excluding hydrogens is 230 g/mol. The lowest BCUT2D eigenvalue weighted by molar-refractivity contribution is -0.133. The number of carbonyl (C=O) groups is 1. The quantitative estimate of drug-likeness (QED) is 0.366. The highest BCUT2D eigenvalue weighted by molar-refractivity contribution is 5.97. The van der Waals surface area contributed by atoms with E-state index in [4.69, 9.17) is 10.9 Å². The van der Waals surface area contributed by atoms with Gasteiger partial charge >= 0.3 is 0 Å². The van der Waals surface area contributed by atoms with Gasteiger partial charge in [0.15, 0.2) is 5.84 Å². The predicted molar refractivity (Wildman–Crippen MR) is 70.3 cm³/mol. The predicted octanol–water partition coefficient (Wildman–Crippen LogP) is 1.40. The van der Waals surface area contributed by atoms with Crippen molar-refractivity contribution in [1.82, 2.24) is 4.90 Å². The lowest BCUT2D eigenvalue weighted by Crippen LogP contribution is -2.30. The van der Waals surface area contributed by atoms with Gasteiger partial charge < -0.3 is 15.8 Å². The molecule has 98 valence electrons. The molecule has 1 rings (SSSR count). The fourth-order valence-corrected chi connectivity index (χ4v) is 1.68. The van der Waals surface area contributed by atoms with Crippen LogP contribution in [-0.4, -0.2) is 28.9 Å². The van der Waals surface area contributed by atoms with E-state index in [1.54, 1.807) is 24.1 Å². The summed E-state index contributed by atoms with van der Waals surface area (Å²) in [5, 5.41) is 11.6. The molecule has 0 aliphatic rings. The molecule has 0 spiro atoms. The molecule has 0 saturated carbocycles. The van der Waals surface area contributed by atoms with Gasteiger partial charge in [0.05, 0.1) is 0 Å². The minimum Gasteiger partial charge on any atom is -0.409 e. The van der Waals surface area contributed by atoms with Crippen LogP contribution in [0, 0.1) is 5.92 Å². The highest BCUT2D eigenvalue weighted by Crippen LogP contribution is 2.09. The van der Waals surface area contributed by atoms with Crippen molar-refractivity contribution in [2.45, 2.75) is 20.4 Å². The van der Waals surface area contributed by atoms with Crippen LogP contribution in [0.3, 0.4) is 0 Å². The molecule has 0 radical (unpaired) electrons. The molecule has 5 nitrogen and oxygen atoms in total. The summed E-state index contributed by atoms with van der Waals surface area (Å²) in [6.07, 6.45) is 0. The second-order valence-corrected chi connectivity index (χ2v) is 4.53. The normalized spacial score (nSPS) is 11.7. The average molecular weight is 249 g/mol. The Morgan fingerprint density at radius 2 is 2.17 bits per heavy atom. The number of oxime groups is 1. The Labute approximate surface area is 107 Å². The molecule has 1 aromatic carbocycles. The highest BCUT2D eigenvalue weighted by Gasteiger charge is 2.13. The van der Waals surface area contributed by atoms with E-state index in [2.05, 4.69) is 5.16 Å². The third kappa shape index (κ3) is 3.48. The van der Waals surface area contributed by atoms with E-state index in [0.29, 0.717) is 12.1 Å². The van der Waals surface area contributed by atoms with Gasteiger partial charge in [-0.05, 0) is 11.6 Å². The first-order valence-electron chi connectivity index (χ1n) is 5.77. The molecule has 3 N–H and O–H groups in total. The van der Waals surface area contributed by atoms with Crippen molar-refractivity contribution in [1.29, 1.82) is 0 Å². The molecule has 0 aliphatic carbocycles. The van der Waals surface area contributed by atoms with Gasteiger partial charge in [-0.2, -0.15) is 0 Å². The van der Waals surface area contributed by atoms with E-state index in [9.17, 15) is 4.79 Å². The van der Waals surface area contributed by atoms with Crippen LogP contribution >= 0.6 is 0 Å². The maximum absolute atomic E-state index is 11.8. The van der Waals surface area contributed by atoms with Crippen molar-refractivity contribution >= 4 is 11.7 Å². The van der Waals surface area contributed by atoms with Crippen LogP contribution < -0.4 is 5.73 Å². The molecule has 5 heteroatoms. The molecule has 1 aromatic rings. The Bertz CT molecular complexity index is 455. The van der Waals surface area contributed by atoms with Crippen molar-refractivity contribution in [2.75, 3.05) is 7.05 Å². The van der Waals surface area contributed by atoms with E-state index >= 15 is 0 Å². The number of hydrogen-bond donors (Lipinski definition) is 2. The van der Waals surface area contributed by atoms with Crippen LogP contribution in [0.25, 0.3) is 0 Å². The topological polar surface area (TPSA) is 78.9 Å². The van der Waals surface area contributed by atoms with Crippen LogP contribution in [0.1, 0.15) is 25.0 Å². The van der Waals surface area contributed by atoms with Crippen molar-refractivity contribution in [2.24, 2.45) is 16.8 Å². The zero-order chi connectivity index (χ0) is 13.7. The van der Waals surface area contributed by atoms with Crippen LogP contribution in [0.2, 0.25) is 0 Å². The monoisotopic (exact) mass is 249 g/mol. The first-order chi connectivity index (χ1) is 8.45. The summed E-state index contributed by atoms with van der Waals surface area (Å²) in [4.78, 5) is 13.4. The van der Waals surface area contributed by atoms with Gasteiger partial charge in [-0.1, -0.05) is 37.2 Å². The Morgan fingerprint density at radius 3 is 2.72 bits per heavy atom. The van der Waals surface area contributed by atoms with E-state index in [-0.39, 0.29) is 17.7 Å². The second-order valence-electron chi connectivity index (χ2n) is 4.53. The molecule has 0 heterocycles. The number of nitrogens with two attached hydrogens (primary N) is 1. The number of carbonyl (C=O) groups excluding carboxylic acids is 1. The summed E-state index contributed by atoms with van der Waals surface area (Å²) in [7, 11) is 1.76. The number of hydrogen-bond acceptors (Lipinski definition) is 3. The van der Waals surface area contributed by atoms with Gasteiger partial charge in [0, 0.05) is 25.1 Å². The molecule has 1 amide bonds. The highest BCUT2D eigenvalue weighted by atomic mass is 16.4. The van der Waals surface area contributed by atoms with Gasteiger partial charge in [0.25, 0.3) is 0 Å². The lowest BCUT2D eigenvalue weighted by Gasteiger charge is -2.19. The Morgan fingerprint density at radius 1 is 1.50 bits per heavy atom. The number of nitrogens with zero attached hydrogens (tertiary/aromatic N) is 2. The smallest absolute Gasteiger partial charge is 0.225 e. The number of amides is 1. The van der Waals surface area contributed by atoms with E-state index in [1.807, 2.05) is 26.0 Å². The lowest BCUT2D eigenvalue weighted by atomic mass is 10.1. The summed E-state index contributed by atoms with van der Waals surface area (Å²) in [5.41, 5.74) is 7.10. The number of benzene rings is 1. The fraction of sp³-hybridized carbons (Fsp3) is 0.385. The van der Waals surface area contributed by atoms with Gasteiger partial charge in [0.2, 0.25) is 5.91 Å². The summed E-state index contributed by atoms with van der Waals surface area (Å²) in [5.74, 6) is 0.126. The molecule has 0 saturated heterocycles. The number of amidine groups is 1. The Kier molecular flexibility index (Phi) is 4.71. The largest absolute Gasteiger partial charge is 0.409 e. The summed E-state index contributed by atoms with van der Waals surface area (Å²) in [6.45, 7) is 4.24. The van der Waals surface area contributed by atoms with Crippen molar-refractivity contribution in [3.8, 4) is 0 Å². The van der Waals surface area contributed by atoms with Crippen LogP contribution in [0.4, 0.5) is 0 Å². The molecule has 0 atom stereocenters. The second kappa shape index (κ2) is 6.05. The molecule has 0 bridgehead atoms.